The van der Waals surface area contributed by atoms with Crippen molar-refractivity contribution in [3.8, 4) is 61.7 Å². The van der Waals surface area contributed by atoms with Crippen LogP contribution < -0.4 is 21.1 Å². The summed E-state index contributed by atoms with van der Waals surface area (Å²) in [4.78, 5) is 0. The van der Waals surface area contributed by atoms with E-state index in [9.17, 15) is 0 Å². The van der Waals surface area contributed by atoms with Crippen molar-refractivity contribution < 1.29 is 4.74 Å². The van der Waals surface area contributed by atoms with E-state index in [1.807, 2.05) is 0 Å². The molecule has 0 spiro atoms. The number of aromatic nitrogens is 1. The van der Waals surface area contributed by atoms with Crippen molar-refractivity contribution in [3.63, 3.8) is 0 Å². The Labute approximate surface area is 347 Å². The highest BCUT2D eigenvalue weighted by atomic mass is 16.5. The molecule has 0 unspecified atom stereocenters. The maximum atomic E-state index is 7.04. The van der Waals surface area contributed by atoms with E-state index in [2.05, 4.69) is 216 Å². The Morgan fingerprint density at radius 3 is 1.59 bits per heavy atom. The van der Waals surface area contributed by atoms with Gasteiger partial charge in [-0.3, -0.25) is 0 Å². The summed E-state index contributed by atoms with van der Waals surface area (Å²) >= 11 is 0. The Morgan fingerprint density at radius 2 is 0.983 bits per heavy atom. The van der Waals surface area contributed by atoms with Gasteiger partial charge in [0.1, 0.15) is 11.5 Å². The van der Waals surface area contributed by atoms with Gasteiger partial charge in [-0.25, -0.2) is 0 Å². The van der Waals surface area contributed by atoms with Crippen LogP contribution >= 0.6 is 0 Å². The molecule has 0 fully saturated rings. The van der Waals surface area contributed by atoms with E-state index in [1.165, 1.54) is 99.5 Å². The molecule has 2 nitrogen and oxygen atoms in total. The monoisotopic (exact) mass is 759 g/mol. The van der Waals surface area contributed by atoms with E-state index in [0.717, 1.165) is 11.5 Å². The number of hydrogen-bond acceptors (Lipinski definition) is 1. The van der Waals surface area contributed by atoms with Gasteiger partial charge in [-0.15, -0.1) is 0 Å². The maximum absolute atomic E-state index is 7.04. The zero-order valence-electron chi connectivity index (χ0n) is 34.6. The minimum atomic E-state index is -0.0809. The van der Waals surface area contributed by atoms with Crippen LogP contribution in [0.5, 0.6) is 11.5 Å². The summed E-state index contributed by atoms with van der Waals surface area (Å²) in [5, 5.41) is 2.52. The SMILES string of the molecule is CC(C)(C)c1ccc2c(c1)B1c3c(cc(C(C)(C)C)cc3-n3c4ccc(-c5ccccc5-c5ccccc5)cc4c4cc(-c5ccccc5-c5ccccc5)cc1c43)O2. The van der Waals surface area contributed by atoms with Gasteiger partial charge in [-0.05, 0) is 119 Å². The van der Waals surface area contributed by atoms with Gasteiger partial charge in [0.25, 0.3) is 6.71 Å². The average Bonchev–Trinajstić information content (AvgIpc) is 3.58. The van der Waals surface area contributed by atoms with E-state index in [0.29, 0.717) is 0 Å². The first-order chi connectivity index (χ1) is 28.5. The fourth-order valence-electron chi connectivity index (χ4n) is 9.72. The van der Waals surface area contributed by atoms with E-state index < -0.39 is 0 Å². The molecule has 2 aliphatic heterocycles. The van der Waals surface area contributed by atoms with Crippen LogP contribution in [0.4, 0.5) is 0 Å². The lowest BCUT2D eigenvalue weighted by molar-refractivity contribution is 0.482. The zero-order chi connectivity index (χ0) is 40.2. The Balaban J connectivity index is 1.27. The molecule has 284 valence electrons. The normalized spacial score (nSPS) is 13.0. The van der Waals surface area contributed by atoms with Crippen molar-refractivity contribution in [2.24, 2.45) is 0 Å². The second-order valence-corrected chi connectivity index (χ2v) is 18.5. The van der Waals surface area contributed by atoms with Gasteiger partial charge in [0.2, 0.25) is 0 Å². The quantitative estimate of drug-likeness (QED) is 0.163. The molecular weight excluding hydrogens is 713 g/mol. The second kappa shape index (κ2) is 13.0. The van der Waals surface area contributed by atoms with Gasteiger partial charge in [0, 0.05) is 22.0 Å². The predicted octanol–water partition coefficient (Wildman–Crippen LogP) is 13.0. The van der Waals surface area contributed by atoms with E-state index >= 15 is 0 Å². The molecule has 3 heteroatoms. The Bertz CT molecular complexity index is 3140. The first-order valence-electron chi connectivity index (χ1n) is 21.0. The molecule has 3 heterocycles. The third-order valence-corrected chi connectivity index (χ3v) is 12.8. The standard InChI is InChI=1S/C56H46BNO/c1-55(2,3)39-26-28-51-47(32-39)57-48-31-38(44-24-16-14-22-42(44)36-19-11-8-12-20-36)30-46-45-29-37(43-23-15-13-21-41(43)35-17-9-7-10-18-35)25-27-49(45)58(54(46)48)50-33-40(56(4,5)6)34-52(59-51)53(50)57/h7-34H,1-6H3. The van der Waals surface area contributed by atoms with Crippen LogP contribution in [0.25, 0.3) is 72.0 Å². The Hall–Kier alpha value is -6.58. The average molecular weight is 760 g/mol. The lowest BCUT2D eigenvalue weighted by Crippen LogP contribution is -2.58. The highest BCUT2D eigenvalue weighted by molar-refractivity contribution is 6.99. The zero-order valence-corrected chi connectivity index (χ0v) is 34.6. The van der Waals surface area contributed by atoms with E-state index in [4.69, 9.17) is 4.74 Å². The van der Waals surface area contributed by atoms with Gasteiger partial charge in [0.05, 0.1) is 5.52 Å². The molecule has 0 atom stereocenters. The van der Waals surface area contributed by atoms with Gasteiger partial charge in [-0.1, -0.05) is 175 Å². The Morgan fingerprint density at radius 1 is 0.424 bits per heavy atom. The van der Waals surface area contributed by atoms with Gasteiger partial charge in [0.15, 0.2) is 0 Å². The third kappa shape index (κ3) is 5.63. The van der Waals surface area contributed by atoms with Crippen LogP contribution in [0.3, 0.4) is 0 Å². The summed E-state index contributed by atoms with van der Waals surface area (Å²) in [6, 6.07) is 63.1. The summed E-state index contributed by atoms with van der Waals surface area (Å²) in [6.07, 6.45) is 0. The molecule has 8 aromatic carbocycles. The molecule has 1 aromatic heterocycles. The molecule has 0 bridgehead atoms. The molecule has 59 heavy (non-hydrogen) atoms. The van der Waals surface area contributed by atoms with E-state index in [-0.39, 0.29) is 17.5 Å². The number of nitrogens with zero attached hydrogens (tertiary/aromatic N) is 1. The molecular formula is C56H46BNO. The molecule has 0 aliphatic carbocycles. The molecule has 0 saturated heterocycles. The lowest BCUT2D eigenvalue weighted by Gasteiger charge is -2.36. The third-order valence-electron chi connectivity index (χ3n) is 12.8. The van der Waals surface area contributed by atoms with Crippen molar-refractivity contribution in [2.45, 2.75) is 52.4 Å². The van der Waals surface area contributed by atoms with Crippen molar-refractivity contribution in [1.29, 1.82) is 0 Å². The molecule has 0 N–H and O–H groups in total. The first kappa shape index (κ1) is 35.6. The van der Waals surface area contributed by atoms with E-state index in [1.54, 1.807) is 0 Å². The van der Waals surface area contributed by atoms with Crippen LogP contribution in [-0.2, 0) is 10.8 Å². The highest BCUT2D eigenvalue weighted by Crippen LogP contribution is 2.44. The molecule has 2 aliphatic rings. The maximum Gasteiger partial charge on any atom is 0.256 e. The minimum Gasteiger partial charge on any atom is -0.458 e. The molecule has 0 radical (unpaired) electrons. The summed E-state index contributed by atoms with van der Waals surface area (Å²) in [5.74, 6) is 1.90. The number of hydrogen-bond donors (Lipinski definition) is 0. The smallest absolute Gasteiger partial charge is 0.256 e. The van der Waals surface area contributed by atoms with Crippen molar-refractivity contribution in [1.82, 2.24) is 4.57 Å². The van der Waals surface area contributed by atoms with Crippen LogP contribution in [-0.4, -0.2) is 11.3 Å². The van der Waals surface area contributed by atoms with Crippen LogP contribution in [0.1, 0.15) is 52.7 Å². The molecule has 11 rings (SSSR count). The van der Waals surface area contributed by atoms with Gasteiger partial charge in [-0.2, -0.15) is 0 Å². The number of fused-ring (bicyclic) bond motifs is 7. The van der Waals surface area contributed by atoms with Crippen molar-refractivity contribution in [2.75, 3.05) is 0 Å². The largest absolute Gasteiger partial charge is 0.458 e. The van der Waals surface area contributed by atoms with Gasteiger partial charge >= 0.3 is 0 Å². The van der Waals surface area contributed by atoms with Crippen LogP contribution in [0.15, 0.2) is 170 Å². The summed E-state index contributed by atoms with van der Waals surface area (Å²) < 4.78 is 9.60. The summed E-state index contributed by atoms with van der Waals surface area (Å²) in [5.41, 5.74) is 19.8. The molecule has 0 saturated carbocycles. The van der Waals surface area contributed by atoms with Gasteiger partial charge < -0.3 is 9.30 Å². The first-order valence-corrected chi connectivity index (χ1v) is 21.0. The summed E-state index contributed by atoms with van der Waals surface area (Å²) in [7, 11) is 0. The number of benzene rings is 8. The fourth-order valence-corrected chi connectivity index (χ4v) is 9.72. The minimum absolute atomic E-state index is 0.0125. The number of rotatable bonds is 4. The Kier molecular flexibility index (Phi) is 7.82. The second-order valence-electron chi connectivity index (χ2n) is 18.5. The fraction of sp³-hybridized carbons (Fsp3) is 0.143. The highest BCUT2D eigenvalue weighted by Gasteiger charge is 2.42. The van der Waals surface area contributed by atoms with Crippen LogP contribution in [0.2, 0.25) is 0 Å². The number of ether oxygens (including phenoxy) is 1. The van der Waals surface area contributed by atoms with Crippen LogP contribution in [0, 0.1) is 0 Å². The topological polar surface area (TPSA) is 14.2 Å². The lowest BCUT2D eigenvalue weighted by atomic mass is 9.34. The van der Waals surface area contributed by atoms with Crippen molar-refractivity contribution >= 4 is 44.9 Å². The predicted molar refractivity (Wildman–Crippen MR) is 251 cm³/mol. The molecule has 0 amide bonds. The van der Waals surface area contributed by atoms with Crippen molar-refractivity contribution in [3.05, 3.63) is 181 Å². The summed E-state index contributed by atoms with van der Waals surface area (Å²) in [6.45, 7) is 13.8. The molecule has 9 aromatic rings.